The quantitative estimate of drug-likeness (QED) is 0.492. The monoisotopic (exact) mass is 397 g/mol. The molecular formula is C25H23N3O2. The van der Waals surface area contributed by atoms with Crippen molar-refractivity contribution in [2.75, 3.05) is 12.8 Å². The zero-order valence-corrected chi connectivity index (χ0v) is 16.9. The molecule has 0 aliphatic rings. The first-order valence-corrected chi connectivity index (χ1v) is 9.75. The van der Waals surface area contributed by atoms with Crippen LogP contribution in [0.25, 0.3) is 22.3 Å². The average Bonchev–Trinajstić information content (AvgIpc) is 2.79. The van der Waals surface area contributed by atoms with Gasteiger partial charge in [-0.05, 0) is 47.9 Å². The maximum absolute atomic E-state index is 13.7. The van der Waals surface area contributed by atoms with Crippen molar-refractivity contribution in [1.29, 1.82) is 0 Å². The smallest absolute Gasteiger partial charge is 0.275 e. The predicted octanol–water partition coefficient (Wildman–Crippen LogP) is 4.78. The number of methoxy groups -OCH3 is 1. The summed E-state index contributed by atoms with van der Waals surface area (Å²) in [4.78, 5) is 13.7. The van der Waals surface area contributed by atoms with Crippen LogP contribution in [0.5, 0.6) is 5.75 Å². The molecule has 4 aromatic rings. The van der Waals surface area contributed by atoms with Crippen molar-refractivity contribution in [2.45, 2.75) is 13.0 Å². The molecule has 0 aliphatic carbocycles. The van der Waals surface area contributed by atoms with Crippen LogP contribution in [-0.2, 0) is 0 Å². The van der Waals surface area contributed by atoms with E-state index in [4.69, 9.17) is 10.5 Å². The minimum absolute atomic E-state index is 0.156. The molecular weight excluding hydrogens is 374 g/mol. The van der Waals surface area contributed by atoms with Crippen LogP contribution in [0.15, 0.2) is 89.9 Å². The fraction of sp³-hybridized carbons (Fsp3) is 0.120. The molecule has 0 saturated carbocycles. The van der Waals surface area contributed by atoms with Crippen molar-refractivity contribution in [1.82, 2.24) is 9.78 Å². The van der Waals surface area contributed by atoms with E-state index in [0.717, 1.165) is 28.0 Å². The molecule has 5 heteroatoms. The lowest BCUT2D eigenvalue weighted by atomic mass is 9.96. The van der Waals surface area contributed by atoms with Gasteiger partial charge in [0, 0.05) is 11.3 Å². The summed E-state index contributed by atoms with van der Waals surface area (Å²) in [6.07, 6.45) is 1.75. The molecule has 1 aromatic heterocycles. The molecule has 150 valence electrons. The van der Waals surface area contributed by atoms with E-state index in [1.54, 1.807) is 13.3 Å². The van der Waals surface area contributed by atoms with Gasteiger partial charge >= 0.3 is 0 Å². The molecule has 1 heterocycles. The van der Waals surface area contributed by atoms with Gasteiger partial charge in [-0.3, -0.25) is 4.79 Å². The van der Waals surface area contributed by atoms with Gasteiger partial charge in [0.1, 0.15) is 5.75 Å². The summed E-state index contributed by atoms with van der Waals surface area (Å²) < 4.78 is 6.81. The number of anilines is 1. The largest absolute Gasteiger partial charge is 0.497 e. The Balaban J connectivity index is 1.93. The lowest BCUT2D eigenvalue weighted by Gasteiger charge is -2.18. The number of nitrogens with two attached hydrogens (primary N) is 1. The summed E-state index contributed by atoms with van der Waals surface area (Å²) in [6.45, 7) is 1.97. The van der Waals surface area contributed by atoms with Crippen LogP contribution in [0.3, 0.4) is 0 Å². The molecule has 1 atom stereocenters. The SMILES string of the molecule is COc1ccc(-c2c(-c3cccc(N)c3)cnn(C(C)c3ccccc3)c2=O)cc1. The van der Waals surface area contributed by atoms with E-state index in [-0.39, 0.29) is 11.6 Å². The van der Waals surface area contributed by atoms with Gasteiger partial charge in [-0.15, -0.1) is 0 Å². The molecule has 0 spiro atoms. The molecule has 0 amide bonds. The first kappa shape index (κ1) is 19.5. The molecule has 2 N–H and O–H groups in total. The van der Waals surface area contributed by atoms with Crippen molar-refractivity contribution in [3.8, 4) is 28.0 Å². The predicted molar refractivity (Wildman–Crippen MR) is 121 cm³/mol. The van der Waals surface area contributed by atoms with Crippen molar-refractivity contribution in [3.05, 3.63) is 101 Å². The fourth-order valence-electron chi connectivity index (χ4n) is 3.58. The molecule has 1 unspecified atom stereocenters. The van der Waals surface area contributed by atoms with E-state index < -0.39 is 0 Å². The summed E-state index contributed by atoms with van der Waals surface area (Å²) in [5, 5.41) is 4.52. The molecule has 0 saturated heterocycles. The van der Waals surface area contributed by atoms with Crippen molar-refractivity contribution >= 4 is 5.69 Å². The third-order valence-electron chi connectivity index (χ3n) is 5.23. The van der Waals surface area contributed by atoms with Gasteiger partial charge < -0.3 is 10.5 Å². The number of nitrogen functional groups attached to an aromatic ring is 1. The first-order chi connectivity index (χ1) is 14.6. The van der Waals surface area contributed by atoms with Gasteiger partial charge in [-0.1, -0.05) is 54.6 Å². The third-order valence-corrected chi connectivity index (χ3v) is 5.23. The Labute approximate surface area is 175 Å². The molecule has 0 aliphatic heterocycles. The maximum atomic E-state index is 13.7. The summed E-state index contributed by atoms with van der Waals surface area (Å²) in [7, 11) is 1.62. The van der Waals surface area contributed by atoms with Gasteiger partial charge in [0.2, 0.25) is 0 Å². The van der Waals surface area contributed by atoms with Crippen molar-refractivity contribution < 1.29 is 4.74 Å². The van der Waals surface area contributed by atoms with E-state index in [9.17, 15) is 4.79 Å². The van der Waals surface area contributed by atoms with E-state index in [1.807, 2.05) is 85.8 Å². The lowest BCUT2D eigenvalue weighted by molar-refractivity contribution is 0.415. The second-order valence-corrected chi connectivity index (χ2v) is 7.12. The van der Waals surface area contributed by atoms with E-state index in [1.165, 1.54) is 4.68 Å². The highest BCUT2D eigenvalue weighted by Crippen LogP contribution is 2.31. The van der Waals surface area contributed by atoms with Crippen molar-refractivity contribution in [3.63, 3.8) is 0 Å². The second kappa shape index (κ2) is 8.25. The minimum Gasteiger partial charge on any atom is -0.497 e. The van der Waals surface area contributed by atoms with Gasteiger partial charge in [-0.2, -0.15) is 5.10 Å². The van der Waals surface area contributed by atoms with Crippen LogP contribution in [0.1, 0.15) is 18.5 Å². The molecule has 3 aromatic carbocycles. The highest BCUT2D eigenvalue weighted by atomic mass is 16.5. The van der Waals surface area contributed by atoms with Crippen LogP contribution < -0.4 is 16.0 Å². The molecule has 0 fully saturated rings. The maximum Gasteiger partial charge on any atom is 0.275 e. The normalized spacial score (nSPS) is 11.8. The topological polar surface area (TPSA) is 70.1 Å². The van der Waals surface area contributed by atoms with Crippen molar-refractivity contribution in [2.24, 2.45) is 0 Å². The standard InChI is InChI=1S/C25H23N3O2/c1-17(18-7-4-3-5-8-18)28-25(29)24(19-11-13-22(30-2)14-12-19)23(16-27-28)20-9-6-10-21(26)15-20/h3-17H,26H2,1-2H3. The van der Waals surface area contributed by atoms with Gasteiger partial charge in [0.25, 0.3) is 5.56 Å². The average molecular weight is 397 g/mol. The van der Waals surface area contributed by atoms with E-state index >= 15 is 0 Å². The number of aromatic nitrogens is 2. The summed E-state index contributed by atoms with van der Waals surface area (Å²) in [6, 6.07) is 24.6. The van der Waals surface area contributed by atoms with Crippen LogP contribution in [0.4, 0.5) is 5.69 Å². The zero-order chi connectivity index (χ0) is 21.1. The fourth-order valence-corrected chi connectivity index (χ4v) is 3.58. The number of ether oxygens (including phenoxy) is 1. The second-order valence-electron chi connectivity index (χ2n) is 7.12. The first-order valence-electron chi connectivity index (χ1n) is 9.75. The highest BCUT2D eigenvalue weighted by Gasteiger charge is 2.19. The number of hydrogen-bond donors (Lipinski definition) is 1. The Kier molecular flexibility index (Phi) is 5.35. The van der Waals surface area contributed by atoms with Gasteiger partial charge in [0.05, 0.1) is 24.9 Å². The Morgan fingerprint density at radius 2 is 1.67 bits per heavy atom. The Bertz CT molecular complexity index is 1220. The third kappa shape index (κ3) is 3.70. The number of nitrogens with zero attached hydrogens (tertiary/aromatic N) is 2. The molecule has 0 radical (unpaired) electrons. The number of hydrogen-bond acceptors (Lipinski definition) is 4. The minimum atomic E-state index is -0.203. The Morgan fingerprint density at radius 1 is 0.933 bits per heavy atom. The molecule has 0 bridgehead atoms. The molecule has 4 rings (SSSR count). The Hall–Kier alpha value is -3.86. The summed E-state index contributed by atoms with van der Waals surface area (Å²) in [5.74, 6) is 0.733. The van der Waals surface area contributed by atoms with E-state index in [0.29, 0.717) is 11.3 Å². The molecule has 30 heavy (non-hydrogen) atoms. The van der Waals surface area contributed by atoms with Gasteiger partial charge in [0.15, 0.2) is 0 Å². The van der Waals surface area contributed by atoms with Crippen LogP contribution in [-0.4, -0.2) is 16.9 Å². The Morgan fingerprint density at radius 3 is 2.33 bits per heavy atom. The summed E-state index contributed by atoms with van der Waals surface area (Å²) in [5.41, 5.74) is 10.5. The highest BCUT2D eigenvalue weighted by molar-refractivity contribution is 5.83. The molecule has 5 nitrogen and oxygen atoms in total. The van der Waals surface area contributed by atoms with Crippen LogP contribution >= 0.6 is 0 Å². The van der Waals surface area contributed by atoms with Crippen LogP contribution in [0, 0.1) is 0 Å². The zero-order valence-electron chi connectivity index (χ0n) is 16.9. The van der Waals surface area contributed by atoms with E-state index in [2.05, 4.69) is 5.10 Å². The van der Waals surface area contributed by atoms with Crippen LogP contribution in [0.2, 0.25) is 0 Å². The summed E-state index contributed by atoms with van der Waals surface area (Å²) >= 11 is 0. The number of benzene rings is 3. The number of rotatable bonds is 5. The lowest BCUT2D eigenvalue weighted by Crippen LogP contribution is -2.28. The van der Waals surface area contributed by atoms with Gasteiger partial charge in [-0.25, -0.2) is 4.68 Å².